The lowest BCUT2D eigenvalue weighted by atomic mass is 9.74. The first-order valence-electron chi connectivity index (χ1n) is 6.97. The van der Waals surface area contributed by atoms with E-state index in [4.69, 9.17) is 5.73 Å². The van der Waals surface area contributed by atoms with Crippen molar-refractivity contribution in [2.45, 2.75) is 24.8 Å². The molecule has 2 aliphatic heterocycles. The van der Waals surface area contributed by atoms with Crippen LogP contribution in [0.2, 0.25) is 0 Å². The topological polar surface area (TPSA) is 75.4 Å². The summed E-state index contributed by atoms with van der Waals surface area (Å²) in [6.07, 6.45) is 3.03. The van der Waals surface area contributed by atoms with Crippen molar-refractivity contribution in [2.24, 2.45) is 5.73 Å². The zero-order chi connectivity index (χ0) is 14.4. The number of fused-ring (bicyclic) bond motifs is 2. The van der Waals surface area contributed by atoms with Gasteiger partial charge in [0.15, 0.2) is 0 Å². The highest BCUT2D eigenvalue weighted by atomic mass is 32.2. The molecule has 0 unspecified atom stereocenters. The van der Waals surface area contributed by atoms with Crippen LogP contribution < -0.4 is 11.1 Å². The second-order valence-corrected chi connectivity index (χ2v) is 7.86. The Balaban J connectivity index is 1.88. The van der Waals surface area contributed by atoms with Gasteiger partial charge in [0, 0.05) is 37.3 Å². The normalized spacial score (nSPS) is 21.7. The second kappa shape index (κ2) is 4.72. The van der Waals surface area contributed by atoms with Gasteiger partial charge in [0.25, 0.3) is 0 Å². The largest absolute Gasteiger partial charge is 0.384 e. The van der Waals surface area contributed by atoms with E-state index in [0.29, 0.717) is 19.6 Å². The van der Waals surface area contributed by atoms with E-state index < -0.39 is 10.0 Å². The Kier molecular flexibility index (Phi) is 3.27. The van der Waals surface area contributed by atoms with Crippen molar-refractivity contribution >= 4 is 15.7 Å². The summed E-state index contributed by atoms with van der Waals surface area (Å²) in [5.41, 5.74) is 9.43. The molecule has 3 N–H and O–H groups in total. The monoisotopic (exact) mass is 295 g/mol. The number of nitrogens with zero attached hydrogens (tertiary/aromatic N) is 1. The van der Waals surface area contributed by atoms with Gasteiger partial charge in [-0.05, 0) is 30.0 Å². The van der Waals surface area contributed by atoms with Gasteiger partial charge in [0.1, 0.15) is 0 Å². The van der Waals surface area contributed by atoms with Gasteiger partial charge < -0.3 is 11.1 Å². The van der Waals surface area contributed by atoms with Gasteiger partial charge in [-0.15, -0.1) is 0 Å². The van der Waals surface area contributed by atoms with Gasteiger partial charge in [-0.1, -0.05) is 12.1 Å². The van der Waals surface area contributed by atoms with Gasteiger partial charge in [-0.3, -0.25) is 0 Å². The summed E-state index contributed by atoms with van der Waals surface area (Å²) in [6, 6.07) is 6.33. The van der Waals surface area contributed by atoms with Crippen molar-refractivity contribution in [3.8, 4) is 0 Å². The molecular weight excluding hydrogens is 274 g/mol. The maximum absolute atomic E-state index is 11.6. The number of nitrogens with one attached hydrogen (secondary N) is 1. The smallest absolute Gasteiger partial charge is 0.211 e. The molecule has 1 aromatic rings. The van der Waals surface area contributed by atoms with Crippen LogP contribution in [0.5, 0.6) is 0 Å². The average molecular weight is 295 g/mol. The molecule has 0 radical (unpaired) electrons. The van der Waals surface area contributed by atoms with E-state index in [2.05, 4.69) is 23.5 Å². The van der Waals surface area contributed by atoms with Crippen LogP contribution in [0.25, 0.3) is 0 Å². The van der Waals surface area contributed by atoms with Crippen molar-refractivity contribution in [1.29, 1.82) is 0 Å². The highest BCUT2D eigenvalue weighted by molar-refractivity contribution is 7.88. The first-order valence-corrected chi connectivity index (χ1v) is 8.82. The fraction of sp³-hybridized carbons (Fsp3) is 0.571. The molecule has 0 atom stereocenters. The molecule has 2 aliphatic rings. The van der Waals surface area contributed by atoms with Crippen molar-refractivity contribution in [3.63, 3.8) is 0 Å². The van der Waals surface area contributed by atoms with Gasteiger partial charge in [-0.25, -0.2) is 12.7 Å². The van der Waals surface area contributed by atoms with Crippen LogP contribution in [0.3, 0.4) is 0 Å². The lowest BCUT2D eigenvalue weighted by Crippen LogP contribution is -2.45. The third-order valence-electron chi connectivity index (χ3n) is 4.66. The van der Waals surface area contributed by atoms with Crippen LogP contribution >= 0.6 is 0 Å². The molecule has 1 aromatic carbocycles. The Morgan fingerprint density at radius 3 is 2.65 bits per heavy atom. The number of nitrogens with two attached hydrogens (primary N) is 1. The Hall–Kier alpha value is -1.11. The van der Waals surface area contributed by atoms with E-state index in [1.165, 1.54) is 17.5 Å². The predicted octanol–water partition coefficient (Wildman–Crippen LogP) is 0.864. The molecule has 0 bridgehead atoms. The molecule has 110 valence electrons. The second-order valence-electron chi connectivity index (χ2n) is 5.88. The standard InChI is InChI=1S/C14H21N3O2S/c1-20(18,19)17-6-4-14(5-7-17)10-16-13-3-2-11(9-15)8-12(13)14/h2-3,8,16H,4-7,9-10,15H2,1H3. The maximum Gasteiger partial charge on any atom is 0.211 e. The van der Waals surface area contributed by atoms with Crippen LogP contribution in [0.15, 0.2) is 18.2 Å². The van der Waals surface area contributed by atoms with Crippen LogP contribution in [-0.2, 0) is 22.0 Å². The average Bonchev–Trinajstić information content (AvgIpc) is 2.77. The summed E-state index contributed by atoms with van der Waals surface area (Å²) in [5, 5.41) is 3.46. The minimum absolute atomic E-state index is 0.0711. The quantitative estimate of drug-likeness (QED) is 0.849. The van der Waals surface area contributed by atoms with Crippen molar-refractivity contribution in [2.75, 3.05) is 31.2 Å². The first kappa shape index (κ1) is 13.9. The van der Waals surface area contributed by atoms with Crippen molar-refractivity contribution in [1.82, 2.24) is 4.31 Å². The highest BCUT2D eigenvalue weighted by Gasteiger charge is 2.42. The molecule has 0 amide bonds. The first-order chi connectivity index (χ1) is 9.44. The molecule has 0 saturated carbocycles. The summed E-state index contributed by atoms with van der Waals surface area (Å²) in [5.74, 6) is 0. The number of benzene rings is 1. The Labute approximate surface area is 120 Å². The maximum atomic E-state index is 11.6. The number of sulfonamides is 1. The number of hydrogen-bond donors (Lipinski definition) is 2. The minimum atomic E-state index is -3.07. The van der Waals surface area contributed by atoms with Gasteiger partial charge in [0.2, 0.25) is 10.0 Å². The van der Waals surface area contributed by atoms with Crippen LogP contribution in [0.4, 0.5) is 5.69 Å². The van der Waals surface area contributed by atoms with Gasteiger partial charge >= 0.3 is 0 Å². The van der Waals surface area contributed by atoms with Crippen LogP contribution in [0, 0.1) is 0 Å². The van der Waals surface area contributed by atoms with Crippen LogP contribution in [-0.4, -0.2) is 38.6 Å². The number of piperidine rings is 1. The van der Waals surface area contributed by atoms with E-state index in [0.717, 1.165) is 24.9 Å². The highest BCUT2D eigenvalue weighted by Crippen LogP contribution is 2.44. The summed E-state index contributed by atoms with van der Waals surface area (Å²) in [6.45, 7) is 2.65. The lowest BCUT2D eigenvalue weighted by Gasteiger charge is -2.38. The van der Waals surface area contributed by atoms with E-state index in [1.54, 1.807) is 4.31 Å². The predicted molar refractivity (Wildman–Crippen MR) is 80.2 cm³/mol. The SMILES string of the molecule is CS(=O)(=O)N1CCC2(CC1)CNc1ccc(CN)cc12. The molecule has 20 heavy (non-hydrogen) atoms. The molecule has 2 heterocycles. The summed E-state index contributed by atoms with van der Waals surface area (Å²) in [4.78, 5) is 0. The third-order valence-corrected chi connectivity index (χ3v) is 5.96. The number of anilines is 1. The van der Waals surface area contributed by atoms with E-state index >= 15 is 0 Å². The van der Waals surface area contributed by atoms with Crippen molar-refractivity contribution in [3.05, 3.63) is 29.3 Å². The van der Waals surface area contributed by atoms with E-state index in [9.17, 15) is 8.42 Å². The fourth-order valence-corrected chi connectivity index (χ4v) is 4.21. The molecule has 6 heteroatoms. The third kappa shape index (κ3) is 2.21. The summed E-state index contributed by atoms with van der Waals surface area (Å²) >= 11 is 0. The van der Waals surface area contributed by atoms with Crippen molar-refractivity contribution < 1.29 is 8.42 Å². The van der Waals surface area contributed by atoms with Crippen LogP contribution in [0.1, 0.15) is 24.0 Å². The van der Waals surface area contributed by atoms with Gasteiger partial charge in [0.05, 0.1) is 6.26 Å². The Morgan fingerprint density at radius 1 is 1.35 bits per heavy atom. The minimum Gasteiger partial charge on any atom is -0.384 e. The van der Waals surface area contributed by atoms with E-state index in [1.807, 2.05) is 0 Å². The zero-order valence-corrected chi connectivity index (χ0v) is 12.5. The Bertz CT molecular complexity index is 619. The molecule has 1 spiro atoms. The molecular formula is C14H21N3O2S. The molecule has 5 nitrogen and oxygen atoms in total. The lowest BCUT2D eigenvalue weighted by molar-refractivity contribution is 0.250. The van der Waals surface area contributed by atoms with Gasteiger partial charge in [-0.2, -0.15) is 0 Å². The Morgan fingerprint density at radius 2 is 2.05 bits per heavy atom. The molecule has 0 aromatic heterocycles. The summed E-state index contributed by atoms with van der Waals surface area (Å²) in [7, 11) is -3.07. The zero-order valence-electron chi connectivity index (χ0n) is 11.7. The van der Waals surface area contributed by atoms with E-state index in [-0.39, 0.29) is 5.41 Å². The molecule has 3 rings (SSSR count). The number of rotatable bonds is 2. The molecule has 1 fully saturated rings. The fourth-order valence-electron chi connectivity index (χ4n) is 3.36. The molecule has 1 saturated heterocycles. The number of hydrogen-bond acceptors (Lipinski definition) is 4. The molecule has 0 aliphatic carbocycles. The summed E-state index contributed by atoms with van der Waals surface area (Å²) < 4.78 is 24.8.